The third-order valence-electron chi connectivity index (χ3n) is 3.36. The first-order valence-electron chi connectivity index (χ1n) is 6.52. The van der Waals surface area contributed by atoms with Crippen LogP contribution < -0.4 is 5.14 Å². The molecule has 1 aliphatic rings. The van der Waals surface area contributed by atoms with Crippen molar-refractivity contribution in [2.24, 2.45) is 5.14 Å². The predicted octanol–water partition coefficient (Wildman–Crippen LogP) is 2.73. The number of carbonyl (C=O) groups excluding carboxylic acids is 1. The smallest absolute Gasteiger partial charge is 0.339 e. The third-order valence-corrected chi connectivity index (χ3v) is 5.41. The van der Waals surface area contributed by atoms with Crippen LogP contribution in [-0.2, 0) is 14.8 Å². The molecule has 0 heterocycles. The van der Waals surface area contributed by atoms with Gasteiger partial charge in [-0.05, 0) is 53.7 Å². The number of hydrogen-bond acceptors (Lipinski definition) is 4. The highest BCUT2D eigenvalue weighted by atomic mass is 79.9. The van der Waals surface area contributed by atoms with E-state index in [2.05, 4.69) is 15.9 Å². The zero-order valence-electron chi connectivity index (χ0n) is 11.1. The molecule has 21 heavy (non-hydrogen) atoms. The number of ether oxygens (including phenoxy) is 1. The lowest BCUT2D eigenvalue weighted by Gasteiger charge is -2.22. The lowest BCUT2D eigenvalue weighted by molar-refractivity contribution is 0.0209. The predicted molar refractivity (Wildman–Crippen MR) is 77.8 cm³/mol. The Balaban J connectivity index is 2.30. The van der Waals surface area contributed by atoms with Crippen LogP contribution in [0.4, 0.5) is 4.39 Å². The van der Waals surface area contributed by atoms with Gasteiger partial charge in [0.2, 0.25) is 10.0 Å². The van der Waals surface area contributed by atoms with Crippen molar-refractivity contribution in [3.05, 3.63) is 28.0 Å². The third kappa shape index (κ3) is 4.02. The van der Waals surface area contributed by atoms with Crippen molar-refractivity contribution in [1.29, 1.82) is 0 Å². The molecule has 0 radical (unpaired) electrons. The number of carbonyl (C=O) groups is 1. The Morgan fingerprint density at radius 3 is 2.48 bits per heavy atom. The van der Waals surface area contributed by atoms with Gasteiger partial charge >= 0.3 is 5.97 Å². The van der Waals surface area contributed by atoms with Gasteiger partial charge in [0, 0.05) is 0 Å². The molecule has 0 amide bonds. The molecule has 1 aliphatic carbocycles. The molecule has 116 valence electrons. The molecule has 1 aromatic carbocycles. The fourth-order valence-corrected chi connectivity index (χ4v) is 4.02. The maximum absolute atomic E-state index is 13.5. The average molecular weight is 380 g/mol. The molecule has 1 fully saturated rings. The second-order valence-electron chi connectivity index (χ2n) is 4.98. The number of halogens is 2. The topological polar surface area (TPSA) is 86.5 Å². The van der Waals surface area contributed by atoms with Gasteiger partial charge in [-0.3, -0.25) is 0 Å². The lowest BCUT2D eigenvalue weighted by atomic mass is 9.98. The van der Waals surface area contributed by atoms with Crippen LogP contribution in [0.5, 0.6) is 0 Å². The van der Waals surface area contributed by atoms with Crippen LogP contribution in [0, 0.1) is 5.82 Å². The van der Waals surface area contributed by atoms with Crippen LogP contribution in [0.1, 0.15) is 42.5 Å². The number of esters is 1. The molecule has 1 saturated carbocycles. The maximum atomic E-state index is 13.5. The molecule has 5 nitrogen and oxygen atoms in total. The second kappa shape index (κ2) is 6.41. The van der Waals surface area contributed by atoms with Crippen molar-refractivity contribution < 1.29 is 22.3 Å². The molecule has 0 unspecified atom stereocenters. The quantitative estimate of drug-likeness (QED) is 0.817. The SMILES string of the molecule is NS(=O)(=O)c1cc(F)cc(C(=O)OC2CCCCC2)c1Br. The molecule has 2 rings (SSSR count). The number of sulfonamides is 1. The minimum absolute atomic E-state index is 0.0767. The minimum atomic E-state index is -4.14. The van der Waals surface area contributed by atoms with Crippen molar-refractivity contribution in [2.75, 3.05) is 0 Å². The van der Waals surface area contributed by atoms with Crippen molar-refractivity contribution in [3.63, 3.8) is 0 Å². The summed E-state index contributed by atoms with van der Waals surface area (Å²) < 4.78 is 41.6. The number of hydrogen-bond donors (Lipinski definition) is 1. The van der Waals surface area contributed by atoms with Gasteiger partial charge in [0.05, 0.1) is 14.9 Å². The van der Waals surface area contributed by atoms with E-state index in [1.807, 2.05) is 0 Å². The van der Waals surface area contributed by atoms with Gasteiger partial charge in [-0.1, -0.05) is 6.42 Å². The van der Waals surface area contributed by atoms with Crippen LogP contribution in [0.3, 0.4) is 0 Å². The first-order chi connectivity index (χ1) is 9.79. The van der Waals surface area contributed by atoms with E-state index in [1.54, 1.807) is 0 Å². The zero-order valence-corrected chi connectivity index (χ0v) is 13.5. The first-order valence-corrected chi connectivity index (χ1v) is 8.86. The summed E-state index contributed by atoms with van der Waals surface area (Å²) in [6, 6.07) is 1.70. The van der Waals surface area contributed by atoms with E-state index in [4.69, 9.17) is 9.88 Å². The number of nitrogens with two attached hydrogens (primary N) is 1. The zero-order chi connectivity index (χ0) is 15.6. The standard InChI is InChI=1S/C13H15BrFNO4S/c14-12-10(6-8(15)7-11(12)21(16,18)19)13(17)20-9-4-2-1-3-5-9/h6-7,9H,1-5H2,(H2,16,18,19). The largest absolute Gasteiger partial charge is 0.459 e. The minimum Gasteiger partial charge on any atom is -0.459 e. The maximum Gasteiger partial charge on any atom is 0.339 e. The fraction of sp³-hybridized carbons (Fsp3) is 0.462. The van der Waals surface area contributed by atoms with Gasteiger partial charge in [-0.2, -0.15) is 0 Å². The Morgan fingerprint density at radius 2 is 1.90 bits per heavy atom. The van der Waals surface area contributed by atoms with Gasteiger partial charge in [-0.25, -0.2) is 22.7 Å². The molecule has 0 aromatic heterocycles. The first kappa shape index (κ1) is 16.4. The van der Waals surface area contributed by atoms with Crippen molar-refractivity contribution in [1.82, 2.24) is 0 Å². The summed E-state index contributed by atoms with van der Waals surface area (Å²) in [4.78, 5) is 11.6. The highest BCUT2D eigenvalue weighted by Crippen LogP contribution is 2.29. The molecule has 0 atom stereocenters. The summed E-state index contributed by atoms with van der Waals surface area (Å²) in [5.41, 5.74) is -0.176. The van der Waals surface area contributed by atoms with Crippen LogP contribution in [0.15, 0.2) is 21.5 Å². The molecular formula is C13H15BrFNO4S. The molecule has 0 spiro atoms. The summed E-state index contributed by atoms with van der Waals surface area (Å²) in [5, 5.41) is 5.00. The van der Waals surface area contributed by atoms with Crippen LogP contribution >= 0.6 is 15.9 Å². The van der Waals surface area contributed by atoms with Gasteiger partial charge in [0.25, 0.3) is 0 Å². The van der Waals surface area contributed by atoms with Gasteiger partial charge in [0.15, 0.2) is 0 Å². The summed E-state index contributed by atoms with van der Waals surface area (Å²) in [6.07, 6.45) is 4.38. The monoisotopic (exact) mass is 379 g/mol. The molecular weight excluding hydrogens is 365 g/mol. The number of benzene rings is 1. The lowest BCUT2D eigenvalue weighted by Crippen LogP contribution is -2.22. The number of primary sulfonamides is 1. The van der Waals surface area contributed by atoms with E-state index >= 15 is 0 Å². The summed E-state index contributed by atoms with van der Waals surface area (Å²) in [7, 11) is -4.14. The van der Waals surface area contributed by atoms with Crippen molar-refractivity contribution >= 4 is 31.9 Å². The van der Waals surface area contributed by atoms with E-state index in [1.165, 1.54) is 0 Å². The molecule has 0 saturated heterocycles. The van der Waals surface area contributed by atoms with Crippen LogP contribution in [0.25, 0.3) is 0 Å². The van der Waals surface area contributed by atoms with Crippen molar-refractivity contribution in [3.8, 4) is 0 Å². The highest BCUT2D eigenvalue weighted by molar-refractivity contribution is 9.10. The van der Waals surface area contributed by atoms with Crippen molar-refractivity contribution in [2.45, 2.75) is 43.1 Å². The molecule has 2 N–H and O–H groups in total. The molecule has 0 bridgehead atoms. The average Bonchev–Trinajstić information content (AvgIpc) is 2.40. The van der Waals surface area contributed by atoms with E-state index in [9.17, 15) is 17.6 Å². The van der Waals surface area contributed by atoms with E-state index in [0.717, 1.165) is 44.2 Å². The Bertz CT molecular complexity index is 656. The fourth-order valence-electron chi connectivity index (χ4n) is 2.32. The summed E-state index contributed by atoms with van der Waals surface area (Å²) in [6.45, 7) is 0. The summed E-state index contributed by atoms with van der Waals surface area (Å²) in [5.74, 6) is -1.61. The Hall–Kier alpha value is -0.990. The van der Waals surface area contributed by atoms with E-state index in [-0.39, 0.29) is 16.1 Å². The molecule has 8 heteroatoms. The summed E-state index contributed by atoms with van der Waals surface area (Å²) >= 11 is 2.99. The van der Waals surface area contributed by atoms with Crippen LogP contribution in [0.2, 0.25) is 0 Å². The molecule has 1 aromatic rings. The van der Waals surface area contributed by atoms with Crippen LogP contribution in [-0.4, -0.2) is 20.5 Å². The second-order valence-corrected chi connectivity index (χ2v) is 7.30. The van der Waals surface area contributed by atoms with Gasteiger partial charge < -0.3 is 4.74 Å². The highest BCUT2D eigenvalue weighted by Gasteiger charge is 2.25. The Kier molecular flexibility index (Phi) is 5.00. The normalized spacial score (nSPS) is 16.7. The molecule has 0 aliphatic heterocycles. The Morgan fingerprint density at radius 1 is 1.29 bits per heavy atom. The van der Waals surface area contributed by atoms with E-state index in [0.29, 0.717) is 0 Å². The Labute approximate surface area is 130 Å². The van der Waals surface area contributed by atoms with Gasteiger partial charge in [-0.15, -0.1) is 0 Å². The van der Waals surface area contributed by atoms with Gasteiger partial charge in [0.1, 0.15) is 11.9 Å². The van der Waals surface area contributed by atoms with E-state index < -0.39 is 26.7 Å². The number of rotatable bonds is 3.